The summed E-state index contributed by atoms with van der Waals surface area (Å²) >= 11 is 0. The third-order valence-electron chi connectivity index (χ3n) is 4.05. The van der Waals surface area contributed by atoms with Gasteiger partial charge in [0.1, 0.15) is 28.9 Å². The van der Waals surface area contributed by atoms with E-state index in [9.17, 15) is 10.1 Å². The molecule has 0 unspecified atom stereocenters. The van der Waals surface area contributed by atoms with Gasteiger partial charge in [0.15, 0.2) is 0 Å². The van der Waals surface area contributed by atoms with Gasteiger partial charge in [-0.2, -0.15) is 5.26 Å². The molecule has 140 valence electrons. The quantitative estimate of drug-likeness (QED) is 0.599. The van der Waals surface area contributed by atoms with Crippen molar-refractivity contribution in [3.8, 4) is 23.3 Å². The number of carbonyl (C=O) groups is 1. The van der Waals surface area contributed by atoms with Crippen molar-refractivity contribution in [1.82, 2.24) is 5.32 Å². The zero-order valence-corrected chi connectivity index (χ0v) is 15.8. The van der Waals surface area contributed by atoms with Crippen LogP contribution in [-0.2, 0) is 4.79 Å². The molecule has 0 radical (unpaired) electrons. The molecule has 2 aromatic carbocycles. The van der Waals surface area contributed by atoms with E-state index < -0.39 is 5.91 Å². The van der Waals surface area contributed by atoms with Gasteiger partial charge in [0, 0.05) is 12.1 Å². The Balaban J connectivity index is 2.35. The Morgan fingerprint density at radius 1 is 1.07 bits per heavy atom. The highest BCUT2D eigenvalue weighted by molar-refractivity contribution is 6.02. The molecular formula is C21H22N2O4. The standard InChI is InChI=1S/C21H22N2O4/c1-14(15-8-6-5-7-9-15)23-21(24)16(13-22)10-18-19(26-3)11-17(25-2)12-20(18)27-4/h5-12,14H,1-4H3,(H,23,24)/b16-10-/t14-/m0/s1. The fourth-order valence-corrected chi connectivity index (χ4v) is 2.57. The minimum absolute atomic E-state index is 0.0560. The van der Waals surface area contributed by atoms with Crippen LogP contribution < -0.4 is 19.5 Å². The lowest BCUT2D eigenvalue weighted by Crippen LogP contribution is -2.27. The van der Waals surface area contributed by atoms with E-state index in [2.05, 4.69) is 5.32 Å². The third kappa shape index (κ3) is 4.79. The number of rotatable bonds is 7. The van der Waals surface area contributed by atoms with E-state index in [1.165, 1.54) is 27.4 Å². The summed E-state index contributed by atoms with van der Waals surface area (Å²) in [4.78, 5) is 12.6. The summed E-state index contributed by atoms with van der Waals surface area (Å²) in [5, 5.41) is 12.3. The van der Waals surface area contributed by atoms with Gasteiger partial charge in [-0.25, -0.2) is 0 Å². The second kappa shape index (κ2) is 9.30. The van der Waals surface area contributed by atoms with Crippen molar-refractivity contribution in [2.75, 3.05) is 21.3 Å². The summed E-state index contributed by atoms with van der Waals surface area (Å²) in [5.41, 5.74) is 1.38. The molecule has 0 bridgehead atoms. The van der Waals surface area contributed by atoms with Crippen molar-refractivity contribution in [1.29, 1.82) is 5.26 Å². The van der Waals surface area contributed by atoms with Crippen molar-refractivity contribution in [3.05, 3.63) is 59.2 Å². The zero-order chi connectivity index (χ0) is 19.8. The first kappa shape index (κ1) is 19.9. The van der Waals surface area contributed by atoms with Crippen LogP contribution in [0.25, 0.3) is 6.08 Å². The molecule has 1 N–H and O–H groups in total. The first-order valence-electron chi connectivity index (χ1n) is 8.31. The van der Waals surface area contributed by atoms with Gasteiger partial charge >= 0.3 is 0 Å². The number of carbonyl (C=O) groups excluding carboxylic acids is 1. The molecule has 6 nitrogen and oxygen atoms in total. The van der Waals surface area contributed by atoms with Gasteiger partial charge in [-0.15, -0.1) is 0 Å². The summed E-state index contributed by atoms with van der Waals surface area (Å²) in [6.07, 6.45) is 1.45. The molecule has 1 amide bonds. The van der Waals surface area contributed by atoms with Gasteiger partial charge in [-0.05, 0) is 18.6 Å². The molecular weight excluding hydrogens is 344 g/mol. The largest absolute Gasteiger partial charge is 0.496 e. The summed E-state index contributed by atoms with van der Waals surface area (Å²) < 4.78 is 15.9. The minimum Gasteiger partial charge on any atom is -0.496 e. The van der Waals surface area contributed by atoms with Crippen LogP contribution in [0, 0.1) is 11.3 Å². The zero-order valence-electron chi connectivity index (χ0n) is 15.8. The lowest BCUT2D eigenvalue weighted by atomic mass is 10.1. The Bertz CT molecular complexity index is 844. The molecule has 27 heavy (non-hydrogen) atoms. The molecule has 0 heterocycles. The summed E-state index contributed by atoms with van der Waals surface area (Å²) in [5.74, 6) is 0.931. The van der Waals surface area contributed by atoms with Crippen molar-refractivity contribution in [2.24, 2.45) is 0 Å². The number of benzene rings is 2. The maximum Gasteiger partial charge on any atom is 0.262 e. The number of nitrogens with one attached hydrogen (secondary N) is 1. The number of amides is 1. The maximum absolute atomic E-state index is 12.6. The maximum atomic E-state index is 12.6. The number of methoxy groups -OCH3 is 3. The van der Waals surface area contributed by atoms with Crippen LogP contribution in [0.15, 0.2) is 48.0 Å². The highest BCUT2D eigenvalue weighted by Gasteiger charge is 2.17. The van der Waals surface area contributed by atoms with E-state index in [-0.39, 0.29) is 11.6 Å². The van der Waals surface area contributed by atoms with Gasteiger partial charge in [-0.1, -0.05) is 30.3 Å². The van der Waals surface area contributed by atoms with Crippen LogP contribution in [0.2, 0.25) is 0 Å². The molecule has 0 saturated carbocycles. The first-order valence-corrected chi connectivity index (χ1v) is 8.31. The fraction of sp³-hybridized carbons (Fsp3) is 0.238. The van der Waals surface area contributed by atoms with Crippen LogP contribution in [0.3, 0.4) is 0 Å². The minimum atomic E-state index is -0.478. The van der Waals surface area contributed by atoms with E-state index in [1.807, 2.05) is 43.3 Å². The lowest BCUT2D eigenvalue weighted by Gasteiger charge is -2.15. The monoisotopic (exact) mass is 366 g/mol. The lowest BCUT2D eigenvalue weighted by molar-refractivity contribution is -0.117. The Morgan fingerprint density at radius 2 is 1.67 bits per heavy atom. The van der Waals surface area contributed by atoms with Crippen LogP contribution in [0.4, 0.5) is 0 Å². The summed E-state index contributed by atoms with van der Waals surface area (Å²) in [6, 6.07) is 14.5. The van der Waals surface area contributed by atoms with Crippen LogP contribution >= 0.6 is 0 Å². The second-order valence-electron chi connectivity index (χ2n) is 5.72. The normalized spacial score (nSPS) is 11.9. The highest BCUT2D eigenvalue weighted by Crippen LogP contribution is 2.35. The molecule has 2 aromatic rings. The number of nitrogens with zero attached hydrogens (tertiary/aromatic N) is 1. The van der Waals surface area contributed by atoms with E-state index >= 15 is 0 Å². The van der Waals surface area contributed by atoms with Crippen molar-refractivity contribution in [2.45, 2.75) is 13.0 Å². The Morgan fingerprint density at radius 3 is 2.15 bits per heavy atom. The average molecular weight is 366 g/mol. The average Bonchev–Trinajstić information content (AvgIpc) is 2.71. The predicted octanol–water partition coefficient (Wildman–Crippen LogP) is 3.50. The topological polar surface area (TPSA) is 80.6 Å². The Labute approximate surface area is 159 Å². The predicted molar refractivity (Wildman–Crippen MR) is 103 cm³/mol. The fourth-order valence-electron chi connectivity index (χ4n) is 2.57. The van der Waals surface area contributed by atoms with Gasteiger partial charge in [0.05, 0.1) is 32.9 Å². The second-order valence-corrected chi connectivity index (χ2v) is 5.72. The van der Waals surface area contributed by atoms with E-state index in [0.29, 0.717) is 22.8 Å². The van der Waals surface area contributed by atoms with Gasteiger partial charge in [-0.3, -0.25) is 4.79 Å². The molecule has 0 aliphatic carbocycles. The van der Waals surface area contributed by atoms with Crippen LogP contribution in [-0.4, -0.2) is 27.2 Å². The van der Waals surface area contributed by atoms with Crippen LogP contribution in [0.1, 0.15) is 24.1 Å². The first-order chi connectivity index (χ1) is 13.0. The molecule has 0 spiro atoms. The molecule has 2 rings (SSSR count). The number of ether oxygens (including phenoxy) is 3. The SMILES string of the molecule is COc1cc(OC)c(/C=C(/C#N)C(=O)N[C@@H](C)c2ccccc2)c(OC)c1. The van der Waals surface area contributed by atoms with Crippen molar-refractivity contribution in [3.63, 3.8) is 0 Å². The number of nitriles is 1. The molecule has 6 heteroatoms. The van der Waals surface area contributed by atoms with E-state index in [0.717, 1.165) is 5.56 Å². The molecule has 0 fully saturated rings. The van der Waals surface area contributed by atoms with Gasteiger partial charge in [0.2, 0.25) is 0 Å². The number of hydrogen-bond acceptors (Lipinski definition) is 5. The van der Waals surface area contributed by atoms with Crippen molar-refractivity contribution < 1.29 is 19.0 Å². The molecule has 0 aliphatic heterocycles. The molecule has 1 atom stereocenters. The molecule has 0 saturated heterocycles. The Kier molecular flexibility index (Phi) is 6.84. The third-order valence-corrected chi connectivity index (χ3v) is 4.05. The van der Waals surface area contributed by atoms with Crippen LogP contribution in [0.5, 0.6) is 17.2 Å². The summed E-state index contributed by atoms with van der Waals surface area (Å²) in [7, 11) is 4.52. The molecule has 0 aliphatic rings. The van der Waals surface area contributed by atoms with Gasteiger partial charge < -0.3 is 19.5 Å². The number of hydrogen-bond donors (Lipinski definition) is 1. The summed E-state index contributed by atoms with van der Waals surface area (Å²) in [6.45, 7) is 1.86. The van der Waals surface area contributed by atoms with E-state index in [4.69, 9.17) is 14.2 Å². The van der Waals surface area contributed by atoms with Crippen molar-refractivity contribution >= 4 is 12.0 Å². The van der Waals surface area contributed by atoms with Gasteiger partial charge in [0.25, 0.3) is 5.91 Å². The molecule has 0 aromatic heterocycles. The Hall–Kier alpha value is -3.46. The highest BCUT2D eigenvalue weighted by atomic mass is 16.5. The van der Waals surface area contributed by atoms with E-state index in [1.54, 1.807) is 12.1 Å². The smallest absolute Gasteiger partial charge is 0.262 e.